The van der Waals surface area contributed by atoms with Crippen molar-refractivity contribution in [3.05, 3.63) is 29.3 Å². The van der Waals surface area contributed by atoms with Crippen molar-refractivity contribution in [3.63, 3.8) is 0 Å². The summed E-state index contributed by atoms with van der Waals surface area (Å²) in [6, 6.07) is 7.27. The van der Waals surface area contributed by atoms with Gasteiger partial charge in [-0.3, -0.25) is 4.79 Å². The summed E-state index contributed by atoms with van der Waals surface area (Å²) >= 11 is 7.32. The molecule has 6 heteroatoms. The predicted molar refractivity (Wildman–Crippen MR) is 79.2 cm³/mol. The van der Waals surface area contributed by atoms with Gasteiger partial charge in [0.2, 0.25) is 5.91 Å². The van der Waals surface area contributed by atoms with Crippen molar-refractivity contribution >= 4 is 35.2 Å². The SMILES string of the molecule is O=C(CSc1ccccc1Cl)NC1(C(=O)O)CCCC1. The van der Waals surface area contributed by atoms with Crippen molar-refractivity contribution < 1.29 is 14.7 Å². The number of thioether (sulfide) groups is 1. The largest absolute Gasteiger partial charge is 0.480 e. The Hall–Kier alpha value is -1.20. The van der Waals surface area contributed by atoms with Gasteiger partial charge in [-0.25, -0.2) is 4.79 Å². The van der Waals surface area contributed by atoms with Crippen LogP contribution in [0.15, 0.2) is 29.2 Å². The number of benzene rings is 1. The molecule has 0 radical (unpaired) electrons. The highest BCUT2D eigenvalue weighted by Gasteiger charge is 2.42. The topological polar surface area (TPSA) is 66.4 Å². The minimum atomic E-state index is -1.07. The lowest BCUT2D eigenvalue weighted by Crippen LogP contribution is -2.53. The Morgan fingerprint density at radius 3 is 2.55 bits per heavy atom. The van der Waals surface area contributed by atoms with Gasteiger partial charge in [0, 0.05) is 4.90 Å². The van der Waals surface area contributed by atoms with Crippen LogP contribution in [0.1, 0.15) is 25.7 Å². The Morgan fingerprint density at radius 2 is 1.95 bits per heavy atom. The van der Waals surface area contributed by atoms with E-state index in [0.717, 1.165) is 17.7 Å². The number of carboxylic acid groups (broad SMARTS) is 1. The summed E-state index contributed by atoms with van der Waals surface area (Å²) in [5.41, 5.74) is -1.07. The van der Waals surface area contributed by atoms with Crippen molar-refractivity contribution in [2.24, 2.45) is 0 Å². The summed E-state index contributed by atoms with van der Waals surface area (Å²) in [6.07, 6.45) is 2.68. The van der Waals surface area contributed by atoms with E-state index in [4.69, 9.17) is 11.6 Å². The van der Waals surface area contributed by atoms with Crippen LogP contribution < -0.4 is 5.32 Å². The average Bonchev–Trinajstić information content (AvgIpc) is 2.88. The lowest BCUT2D eigenvalue weighted by molar-refractivity contribution is -0.147. The minimum Gasteiger partial charge on any atom is -0.480 e. The first kappa shape index (κ1) is 15.2. The van der Waals surface area contributed by atoms with Crippen LogP contribution in [0.2, 0.25) is 5.02 Å². The van der Waals surface area contributed by atoms with Gasteiger partial charge in [-0.1, -0.05) is 36.6 Å². The Kier molecular flexibility index (Phi) is 4.94. The van der Waals surface area contributed by atoms with Crippen molar-refractivity contribution in [1.82, 2.24) is 5.32 Å². The van der Waals surface area contributed by atoms with E-state index in [1.54, 1.807) is 6.07 Å². The summed E-state index contributed by atoms with van der Waals surface area (Å²) in [6.45, 7) is 0. The number of nitrogens with one attached hydrogen (secondary N) is 1. The summed E-state index contributed by atoms with van der Waals surface area (Å²) in [5.74, 6) is -1.04. The molecule has 1 aliphatic carbocycles. The number of aliphatic carboxylic acids is 1. The molecule has 0 spiro atoms. The van der Waals surface area contributed by atoms with Crippen LogP contribution in [0, 0.1) is 0 Å². The standard InChI is InChI=1S/C14H16ClNO3S/c15-10-5-1-2-6-11(10)20-9-12(17)16-14(13(18)19)7-3-4-8-14/h1-2,5-6H,3-4,7-9H2,(H,16,17)(H,18,19). The molecule has 2 N–H and O–H groups in total. The second-order valence-corrected chi connectivity index (χ2v) is 6.29. The first-order valence-corrected chi connectivity index (χ1v) is 7.82. The quantitative estimate of drug-likeness (QED) is 0.820. The molecule has 1 aliphatic rings. The van der Waals surface area contributed by atoms with Gasteiger partial charge in [0.15, 0.2) is 0 Å². The number of carboxylic acids is 1. The highest BCUT2D eigenvalue weighted by atomic mass is 35.5. The van der Waals surface area contributed by atoms with E-state index < -0.39 is 11.5 Å². The van der Waals surface area contributed by atoms with Crippen LogP contribution in [0.5, 0.6) is 0 Å². The van der Waals surface area contributed by atoms with E-state index in [1.165, 1.54) is 11.8 Å². The van der Waals surface area contributed by atoms with Gasteiger partial charge >= 0.3 is 5.97 Å². The number of hydrogen-bond acceptors (Lipinski definition) is 3. The molecule has 0 bridgehead atoms. The van der Waals surface area contributed by atoms with Crippen LogP contribution in [-0.4, -0.2) is 28.3 Å². The van der Waals surface area contributed by atoms with Crippen molar-refractivity contribution in [2.45, 2.75) is 36.1 Å². The van der Waals surface area contributed by atoms with Gasteiger partial charge in [0.05, 0.1) is 10.8 Å². The molecule has 1 fully saturated rings. The number of rotatable bonds is 5. The normalized spacial score (nSPS) is 16.9. The van der Waals surface area contributed by atoms with Crippen LogP contribution >= 0.6 is 23.4 Å². The Bertz CT molecular complexity index is 515. The zero-order valence-corrected chi connectivity index (χ0v) is 12.5. The van der Waals surface area contributed by atoms with Gasteiger partial charge < -0.3 is 10.4 Å². The van der Waals surface area contributed by atoms with Crippen LogP contribution in [0.25, 0.3) is 0 Å². The van der Waals surface area contributed by atoms with E-state index in [9.17, 15) is 14.7 Å². The highest BCUT2D eigenvalue weighted by Crippen LogP contribution is 2.31. The summed E-state index contributed by atoms with van der Waals surface area (Å²) in [7, 11) is 0. The smallest absolute Gasteiger partial charge is 0.329 e. The van der Waals surface area contributed by atoms with Crippen LogP contribution in [0.4, 0.5) is 0 Å². The second kappa shape index (κ2) is 6.50. The fraction of sp³-hybridized carbons (Fsp3) is 0.429. The maximum Gasteiger partial charge on any atom is 0.329 e. The molecule has 1 aromatic rings. The third-order valence-corrected chi connectivity index (χ3v) is 4.96. The maximum absolute atomic E-state index is 12.0. The molecule has 0 aromatic heterocycles. The van der Waals surface area contributed by atoms with Crippen LogP contribution in [0.3, 0.4) is 0 Å². The van der Waals surface area contributed by atoms with Gasteiger partial charge in [0.25, 0.3) is 0 Å². The van der Waals surface area contributed by atoms with E-state index in [2.05, 4.69) is 5.32 Å². The molecule has 0 heterocycles. The third kappa shape index (κ3) is 3.46. The first-order chi connectivity index (χ1) is 9.53. The Morgan fingerprint density at radius 1 is 1.30 bits per heavy atom. The summed E-state index contributed by atoms with van der Waals surface area (Å²) < 4.78 is 0. The van der Waals surface area contributed by atoms with E-state index >= 15 is 0 Å². The van der Waals surface area contributed by atoms with Gasteiger partial charge in [-0.15, -0.1) is 11.8 Å². The van der Waals surface area contributed by atoms with Gasteiger partial charge in [-0.2, -0.15) is 0 Å². The number of amides is 1. The zero-order valence-electron chi connectivity index (χ0n) is 10.9. The Balaban J connectivity index is 1.92. The molecule has 1 aromatic carbocycles. The van der Waals surface area contributed by atoms with Crippen molar-refractivity contribution in [2.75, 3.05) is 5.75 Å². The monoisotopic (exact) mass is 313 g/mol. The number of carbonyl (C=O) groups excluding carboxylic acids is 1. The molecule has 0 saturated heterocycles. The molecular formula is C14H16ClNO3S. The lowest BCUT2D eigenvalue weighted by Gasteiger charge is -2.25. The number of hydrogen-bond donors (Lipinski definition) is 2. The molecule has 1 saturated carbocycles. The average molecular weight is 314 g/mol. The molecule has 20 heavy (non-hydrogen) atoms. The molecule has 108 valence electrons. The Labute approximate surface area is 126 Å². The fourth-order valence-electron chi connectivity index (χ4n) is 2.38. The first-order valence-electron chi connectivity index (χ1n) is 6.45. The molecule has 0 atom stereocenters. The summed E-state index contributed by atoms with van der Waals surface area (Å²) in [5, 5.41) is 12.6. The third-order valence-electron chi connectivity index (χ3n) is 3.44. The molecule has 2 rings (SSSR count). The molecule has 1 amide bonds. The van der Waals surface area contributed by atoms with E-state index in [-0.39, 0.29) is 11.7 Å². The minimum absolute atomic E-state index is 0.165. The van der Waals surface area contributed by atoms with E-state index in [0.29, 0.717) is 17.9 Å². The molecular weight excluding hydrogens is 298 g/mol. The number of halogens is 1. The summed E-state index contributed by atoms with van der Waals surface area (Å²) in [4.78, 5) is 24.1. The highest BCUT2D eigenvalue weighted by molar-refractivity contribution is 8.00. The zero-order chi connectivity index (χ0) is 14.6. The van der Waals surface area contributed by atoms with Crippen molar-refractivity contribution in [1.29, 1.82) is 0 Å². The molecule has 0 aliphatic heterocycles. The second-order valence-electron chi connectivity index (χ2n) is 4.86. The van der Waals surface area contributed by atoms with Gasteiger partial charge in [-0.05, 0) is 25.0 Å². The molecule has 4 nitrogen and oxygen atoms in total. The molecule has 0 unspecified atom stereocenters. The number of carbonyl (C=O) groups is 2. The fourth-order valence-corrected chi connectivity index (χ4v) is 3.42. The lowest BCUT2D eigenvalue weighted by atomic mass is 9.98. The van der Waals surface area contributed by atoms with E-state index in [1.807, 2.05) is 18.2 Å². The predicted octanol–water partition coefficient (Wildman–Crippen LogP) is 2.95. The van der Waals surface area contributed by atoms with Crippen molar-refractivity contribution in [3.8, 4) is 0 Å². The van der Waals surface area contributed by atoms with Gasteiger partial charge in [0.1, 0.15) is 5.54 Å². The van der Waals surface area contributed by atoms with Crippen LogP contribution in [-0.2, 0) is 9.59 Å². The maximum atomic E-state index is 12.0.